The van der Waals surface area contributed by atoms with E-state index in [4.69, 9.17) is 0 Å². The Hall–Kier alpha value is -1.81. The van der Waals surface area contributed by atoms with Crippen molar-refractivity contribution in [3.63, 3.8) is 0 Å². The summed E-state index contributed by atoms with van der Waals surface area (Å²) in [5.41, 5.74) is 2.75. The molecule has 0 aliphatic carbocycles. The number of halogens is 2. The first kappa shape index (κ1) is 13.6. The zero-order valence-electron chi connectivity index (χ0n) is 11.0. The SMILES string of the molecule is CNC(Cc1ncccc1C)c1ccc(F)c(F)c1. The van der Waals surface area contributed by atoms with Crippen molar-refractivity contribution in [3.05, 3.63) is 65.0 Å². The van der Waals surface area contributed by atoms with E-state index >= 15 is 0 Å². The standard InChI is InChI=1S/C15H16F2N2/c1-10-4-3-7-19-14(10)9-15(18-2)11-5-6-12(16)13(17)8-11/h3-8,15,18H,9H2,1-2H3. The minimum atomic E-state index is -0.826. The van der Waals surface area contributed by atoms with Gasteiger partial charge in [-0.2, -0.15) is 0 Å². The maximum Gasteiger partial charge on any atom is 0.159 e. The fraction of sp³-hybridized carbons (Fsp3) is 0.267. The summed E-state index contributed by atoms with van der Waals surface area (Å²) in [7, 11) is 1.80. The number of benzene rings is 1. The van der Waals surface area contributed by atoms with Gasteiger partial charge in [0.1, 0.15) is 0 Å². The van der Waals surface area contributed by atoms with E-state index in [1.807, 2.05) is 19.1 Å². The maximum absolute atomic E-state index is 13.3. The van der Waals surface area contributed by atoms with E-state index in [-0.39, 0.29) is 6.04 Å². The van der Waals surface area contributed by atoms with Crippen LogP contribution in [0.15, 0.2) is 36.5 Å². The predicted molar refractivity (Wildman–Crippen MR) is 70.8 cm³/mol. The normalized spacial score (nSPS) is 12.4. The van der Waals surface area contributed by atoms with Crippen LogP contribution < -0.4 is 5.32 Å². The van der Waals surface area contributed by atoms with Gasteiger partial charge >= 0.3 is 0 Å². The van der Waals surface area contributed by atoms with Crippen molar-refractivity contribution in [1.82, 2.24) is 10.3 Å². The summed E-state index contributed by atoms with van der Waals surface area (Å²) in [6, 6.07) is 7.75. The molecule has 0 fully saturated rings. The van der Waals surface area contributed by atoms with Gasteiger partial charge in [-0.3, -0.25) is 4.98 Å². The van der Waals surface area contributed by atoms with Gasteiger partial charge in [0.15, 0.2) is 11.6 Å². The summed E-state index contributed by atoms with van der Waals surface area (Å²) < 4.78 is 26.2. The quantitative estimate of drug-likeness (QED) is 0.915. The third-order valence-electron chi connectivity index (χ3n) is 3.21. The largest absolute Gasteiger partial charge is 0.313 e. The predicted octanol–water partition coefficient (Wildman–Crippen LogP) is 3.17. The number of rotatable bonds is 4. The number of aryl methyl sites for hydroxylation is 1. The smallest absolute Gasteiger partial charge is 0.159 e. The minimum absolute atomic E-state index is 0.0938. The van der Waals surface area contributed by atoms with Crippen molar-refractivity contribution in [2.75, 3.05) is 7.05 Å². The third kappa shape index (κ3) is 3.15. The summed E-state index contributed by atoms with van der Waals surface area (Å²) >= 11 is 0. The number of likely N-dealkylation sites (N-methyl/N-ethyl adjacent to an activating group) is 1. The first-order valence-electron chi connectivity index (χ1n) is 6.14. The number of hydrogen-bond acceptors (Lipinski definition) is 2. The molecule has 1 heterocycles. The van der Waals surface area contributed by atoms with Gasteiger partial charge in [-0.05, 0) is 43.3 Å². The zero-order chi connectivity index (χ0) is 13.8. The molecule has 1 N–H and O–H groups in total. The molecule has 100 valence electrons. The van der Waals surface area contributed by atoms with E-state index in [1.165, 1.54) is 6.07 Å². The highest BCUT2D eigenvalue weighted by Gasteiger charge is 2.14. The average Bonchev–Trinajstić information content (AvgIpc) is 2.41. The molecule has 1 aromatic carbocycles. The molecule has 1 atom stereocenters. The molecule has 4 heteroatoms. The monoisotopic (exact) mass is 262 g/mol. The molecule has 19 heavy (non-hydrogen) atoms. The van der Waals surface area contributed by atoms with Gasteiger partial charge in [-0.25, -0.2) is 8.78 Å². The summed E-state index contributed by atoms with van der Waals surface area (Å²) in [4.78, 5) is 4.32. The molecule has 2 aromatic rings. The molecule has 2 nitrogen and oxygen atoms in total. The second-order valence-electron chi connectivity index (χ2n) is 4.49. The van der Waals surface area contributed by atoms with Crippen LogP contribution in [0, 0.1) is 18.6 Å². The molecule has 2 rings (SSSR count). The van der Waals surface area contributed by atoms with E-state index in [1.54, 1.807) is 19.3 Å². The lowest BCUT2D eigenvalue weighted by atomic mass is 9.99. The molecule has 0 spiro atoms. The van der Waals surface area contributed by atoms with E-state index in [0.717, 1.165) is 17.3 Å². The van der Waals surface area contributed by atoms with Gasteiger partial charge < -0.3 is 5.32 Å². The summed E-state index contributed by atoms with van der Waals surface area (Å²) in [5.74, 6) is -1.65. The molecule has 0 saturated heterocycles. The second kappa shape index (κ2) is 5.89. The topological polar surface area (TPSA) is 24.9 Å². The minimum Gasteiger partial charge on any atom is -0.313 e. The summed E-state index contributed by atoms with van der Waals surface area (Å²) in [6.07, 6.45) is 2.37. The Bertz CT molecular complexity index is 570. The van der Waals surface area contributed by atoms with E-state index in [9.17, 15) is 8.78 Å². The maximum atomic E-state index is 13.3. The number of nitrogens with zero attached hydrogens (tertiary/aromatic N) is 1. The summed E-state index contributed by atoms with van der Waals surface area (Å²) in [6.45, 7) is 1.99. The first-order chi connectivity index (χ1) is 9.11. The Kier molecular flexibility index (Phi) is 4.22. The molecule has 0 saturated carbocycles. The van der Waals surface area contributed by atoms with Crippen molar-refractivity contribution in [1.29, 1.82) is 0 Å². The lowest BCUT2D eigenvalue weighted by molar-refractivity contribution is 0.500. The molecule has 0 aliphatic heterocycles. The molecular formula is C15H16F2N2. The summed E-state index contributed by atoms with van der Waals surface area (Å²) in [5, 5.41) is 3.11. The van der Waals surface area contributed by atoms with Crippen LogP contribution in [0.3, 0.4) is 0 Å². The van der Waals surface area contributed by atoms with Crippen molar-refractivity contribution in [2.45, 2.75) is 19.4 Å². The molecule has 0 radical (unpaired) electrons. The van der Waals surface area contributed by atoms with Crippen LogP contribution >= 0.6 is 0 Å². The molecule has 1 unspecified atom stereocenters. The van der Waals surface area contributed by atoms with Crippen LogP contribution in [0.4, 0.5) is 8.78 Å². The number of pyridine rings is 1. The Morgan fingerprint density at radius 3 is 2.63 bits per heavy atom. The van der Waals surface area contributed by atoms with E-state index in [2.05, 4.69) is 10.3 Å². The average molecular weight is 262 g/mol. The van der Waals surface area contributed by atoms with Crippen LogP contribution in [-0.2, 0) is 6.42 Å². The number of nitrogens with one attached hydrogen (secondary N) is 1. The third-order valence-corrected chi connectivity index (χ3v) is 3.21. The first-order valence-corrected chi connectivity index (χ1v) is 6.14. The van der Waals surface area contributed by atoms with Crippen molar-refractivity contribution >= 4 is 0 Å². The van der Waals surface area contributed by atoms with E-state index in [0.29, 0.717) is 12.0 Å². The van der Waals surface area contributed by atoms with Crippen LogP contribution in [0.1, 0.15) is 22.9 Å². The van der Waals surface area contributed by atoms with Crippen molar-refractivity contribution in [2.24, 2.45) is 0 Å². The second-order valence-corrected chi connectivity index (χ2v) is 4.49. The van der Waals surface area contributed by atoms with Gasteiger partial charge in [0.2, 0.25) is 0 Å². The molecule has 0 bridgehead atoms. The van der Waals surface area contributed by atoms with Crippen LogP contribution in [-0.4, -0.2) is 12.0 Å². The Morgan fingerprint density at radius 2 is 2.00 bits per heavy atom. The molecule has 1 aromatic heterocycles. The van der Waals surface area contributed by atoms with Crippen molar-refractivity contribution in [3.8, 4) is 0 Å². The van der Waals surface area contributed by atoms with Crippen LogP contribution in [0.25, 0.3) is 0 Å². The Labute approximate surface area is 111 Å². The lowest BCUT2D eigenvalue weighted by Gasteiger charge is -2.17. The highest BCUT2D eigenvalue weighted by atomic mass is 19.2. The van der Waals surface area contributed by atoms with E-state index < -0.39 is 11.6 Å². The van der Waals surface area contributed by atoms with Gasteiger partial charge in [0.25, 0.3) is 0 Å². The number of aromatic nitrogens is 1. The Morgan fingerprint density at radius 1 is 1.21 bits per heavy atom. The highest BCUT2D eigenvalue weighted by Crippen LogP contribution is 2.20. The molecular weight excluding hydrogens is 246 g/mol. The van der Waals surface area contributed by atoms with Gasteiger partial charge in [0, 0.05) is 24.4 Å². The molecule has 0 amide bonds. The van der Waals surface area contributed by atoms with Crippen molar-refractivity contribution < 1.29 is 8.78 Å². The molecule has 0 aliphatic rings. The van der Waals surface area contributed by atoms with Crippen LogP contribution in [0.5, 0.6) is 0 Å². The number of hydrogen-bond donors (Lipinski definition) is 1. The van der Waals surface area contributed by atoms with Gasteiger partial charge in [-0.1, -0.05) is 12.1 Å². The van der Waals surface area contributed by atoms with Gasteiger partial charge in [0.05, 0.1) is 0 Å². The fourth-order valence-electron chi connectivity index (χ4n) is 2.04. The Balaban J connectivity index is 2.25. The van der Waals surface area contributed by atoms with Gasteiger partial charge in [-0.15, -0.1) is 0 Å². The lowest BCUT2D eigenvalue weighted by Crippen LogP contribution is -2.20. The fourth-order valence-corrected chi connectivity index (χ4v) is 2.04. The van der Waals surface area contributed by atoms with Crippen LogP contribution in [0.2, 0.25) is 0 Å². The zero-order valence-corrected chi connectivity index (χ0v) is 11.0. The highest BCUT2D eigenvalue weighted by molar-refractivity contribution is 5.25.